The van der Waals surface area contributed by atoms with Crippen LogP contribution in [0.25, 0.3) is 0 Å². The molecule has 0 bridgehead atoms. The fourth-order valence-electron chi connectivity index (χ4n) is 2.49. The smallest absolute Gasteiger partial charge is 0.0110 e. The van der Waals surface area contributed by atoms with Gasteiger partial charge in [-0.15, -0.1) is 0 Å². The predicted octanol–water partition coefficient (Wildman–Crippen LogP) is 2.89. The lowest BCUT2D eigenvalue weighted by Gasteiger charge is -2.26. The van der Waals surface area contributed by atoms with Gasteiger partial charge in [-0.2, -0.15) is 0 Å². The lowest BCUT2D eigenvalue weighted by molar-refractivity contribution is 0.228. The van der Waals surface area contributed by atoms with Crippen molar-refractivity contribution in [1.29, 1.82) is 0 Å². The summed E-state index contributed by atoms with van der Waals surface area (Å²) in [5.74, 6) is 0.995. The number of nitrogens with zero attached hydrogens (tertiary/aromatic N) is 1. The summed E-state index contributed by atoms with van der Waals surface area (Å²) in [6.45, 7) is 12.6. The number of nitrogens with one attached hydrogen (secondary N) is 1. The molecule has 0 heterocycles. The Morgan fingerprint density at radius 2 is 1.94 bits per heavy atom. The van der Waals surface area contributed by atoms with E-state index in [2.05, 4.69) is 37.9 Å². The van der Waals surface area contributed by atoms with Gasteiger partial charge in [0.15, 0.2) is 0 Å². The molecule has 16 heavy (non-hydrogen) atoms. The molecule has 1 fully saturated rings. The normalized spacial score (nSPS) is 18.4. The van der Waals surface area contributed by atoms with E-state index in [0.717, 1.165) is 18.5 Å². The molecule has 1 unspecified atom stereocenters. The standard InChI is InChI=1S/C14H30N2/c1-5-7-14(13-8-9-13)15-10-11-16(6-2)12(3)4/h12-15H,5-11H2,1-4H3. The van der Waals surface area contributed by atoms with Crippen molar-refractivity contribution in [3.8, 4) is 0 Å². The van der Waals surface area contributed by atoms with E-state index in [1.807, 2.05) is 0 Å². The molecule has 0 saturated heterocycles. The SMILES string of the molecule is CCCC(NCCN(CC)C(C)C)C1CC1. The minimum atomic E-state index is 0.678. The average Bonchev–Trinajstić information content (AvgIpc) is 3.06. The van der Waals surface area contributed by atoms with Crippen LogP contribution in [0, 0.1) is 5.92 Å². The van der Waals surface area contributed by atoms with Crippen LogP contribution in [0.5, 0.6) is 0 Å². The van der Waals surface area contributed by atoms with Crippen molar-refractivity contribution in [1.82, 2.24) is 10.2 Å². The van der Waals surface area contributed by atoms with E-state index in [1.54, 1.807) is 0 Å². The predicted molar refractivity (Wildman–Crippen MR) is 71.8 cm³/mol. The Hall–Kier alpha value is -0.0800. The molecule has 1 N–H and O–H groups in total. The zero-order valence-electron chi connectivity index (χ0n) is 11.6. The second-order valence-electron chi connectivity index (χ2n) is 5.41. The maximum atomic E-state index is 3.76. The highest BCUT2D eigenvalue weighted by atomic mass is 15.2. The molecule has 1 aliphatic rings. The molecule has 1 atom stereocenters. The van der Waals surface area contributed by atoms with Crippen LogP contribution in [0.15, 0.2) is 0 Å². The molecular weight excluding hydrogens is 196 g/mol. The summed E-state index contributed by atoms with van der Waals surface area (Å²) in [6.07, 6.45) is 5.59. The molecule has 0 aliphatic heterocycles. The highest BCUT2D eigenvalue weighted by molar-refractivity contribution is 4.86. The molecule has 0 amide bonds. The largest absolute Gasteiger partial charge is 0.312 e. The molecule has 0 radical (unpaired) electrons. The quantitative estimate of drug-likeness (QED) is 0.650. The van der Waals surface area contributed by atoms with E-state index in [4.69, 9.17) is 0 Å². The summed E-state index contributed by atoms with van der Waals surface area (Å²) in [5, 5.41) is 3.76. The van der Waals surface area contributed by atoms with Crippen LogP contribution in [0.2, 0.25) is 0 Å². The zero-order valence-corrected chi connectivity index (χ0v) is 11.6. The van der Waals surface area contributed by atoms with Gasteiger partial charge in [-0.1, -0.05) is 20.3 Å². The molecule has 0 aromatic heterocycles. The van der Waals surface area contributed by atoms with E-state index in [-0.39, 0.29) is 0 Å². The number of hydrogen-bond donors (Lipinski definition) is 1. The Morgan fingerprint density at radius 1 is 1.25 bits per heavy atom. The van der Waals surface area contributed by atoms with Gasteiger partial charge in [0.1, 0.15) is 0 Å². The van der Waals surface area contributed by atoms with Gasteiger partial charge >= 0.3 is 0 Å². The van der Waals surface area contributed by atoms with Crippen molar-refractivity contribution in [3.05, 3.63) is 0 Å². The minimum absolute atomic E-state index is 0.678. The van der Waals surface area contributed by atoms with E-state index in [0.29, 0.717) is 6.04 Å². The third-order valence-corrected chi connectivity index (χ3v) is 3.73. The fraction of sp³-hybridized carbons (Fsp3) is 1.00. The summed E-state index contributed by atoms with van der Waals surface area (Å²) in [5.41, 5.74) is 0. The van der Waals surface area contributed by atoms with E-state index in [1.165, 1.54) is 38.8 Å². The number of likely N-dealkylation sites (N-methyl/N-ethyl adjacent to an activating group) is 1. The first-order valence-electron chi connectivity index (χ1n) is 7.16. The summed E-state index contributed by atoms with van der Waals surface area (Å²) in [7, 11) is 0. The molecule has 1 rings (SSSR count). The van der Waals surface area contributed by atoms with Crippen LogP contribution in [-0.2, 0) is 0 Å². The molecule has 2 heteroatoms. The van der Waals surface area contributed by atoms with Crippen molar-refractivity contribution < 1.29 is 0 Å². The van der Waals surface area contributed by atoms with Gasteiger partial charge < -0.3 is 5.32 Å². The van der Waals surface area contributed by atoms with Gasteiger partial charge in [0.25, 0.3) is 0 Å². The van der Waals surface area contributed by atoms with Crippen molar-refractivity contribution in [2.24, 2.45) is 5.92 Å². The summed E-state index contributed by atoms with van der Waals surface area (Å²) >= 11 is 0. The van der Waals surface area contributed by atoms with Crippen LogP contribution in [0.1, 0.15) is 53.4 Å². The average molecular weight is 226 g/mol. The topological polar surface area (TPSA) is 15.3 Å². The molecule has 2 nitrogen and oxygen atoms in total. The van der Waals surface area contributed by atoms with Crippen LogP contribution in [-0.4, -0.2) is 36.6 Å². The highest BCUT2D eigenvalue weighted by Crippen LogP contribution is 2.34. The fourth-order valence-corrected chi connectivity index (χ4v) is 2.49. The highest BCUT2D eigenvalue weighted by Gasteiger charge is 2.29. The lowest BCUT2D eigenvalue weighted by atomic mass is 10.1. The van der Waals surface area contributed by atoms with E-state index < -0.39 is 0 Å². The van der Waals surface area contributed by atoms with Crippen molar-refractivity contribution in [2.45, 2.75) is 65.5 Å². The Morgan fingerprint density at radius 3 is 2.38 bits per heavy atom. The van der Waals surface area contributed by atoms with Crippen molar-refractivity contribution in [3.63, 3.8) is 0 Å². The monoisotopic (exact) mass is 226 g/mol. The van der Waals surface area contributed by atoms with Crippen LogP contribution >= 0.6 is 0 Å². The second kappa shape index (κ2) is 7.29. The third-order valence-electron chi connectivity index (χ3n) is 3.73. The van der Waals surface area contributed by atoms with Crippen LogP contribution in [0.4, 0.5) is 0 Å². The molecule has 96 valence electrons. The van der Waals surface area contributed by atoms with Crippen molar-refractivity contribution >= 4 is 0 Å². The molecule has 1 aliphatic carbocycles. The maximum absolute atomic E-state index is 3.76. The minimum Gasteiger partial charge on any atom is -0.312 e. The van der Waals surface area contributed by atoms with E-state index in [9.17, 15) is 0 Å². The first kappa shape index (κ1) is 14.0. The van der Waals surface area contributed by atoms with E-state index >= 15 is 0 Å². The van der Waals surface area contributed by atoms with Gasteiger partial charge in [-0.05, 0) is 45.6 Å². The van der Waals surface area contributed by atoms with Gasteiger partial charge in [-0.25, -0.2) is 0 Å². The summed E-state index contributed by atoms with van der Waals surface area (Å²) in [6, 6.07) is 1.48. The van der Waals surface area contributed by atoms with Gasteiger partial charge in [0, 0.05) is 25.2 Å². The van der Waals surface area contributed by atoms with Crippen LogP contribution < -0.4 is 5.32 Å². The molecule has 0 spiro atoms. The Kier molecular flexibility index (Phi) is 6.37. The Balaban J connectivity index is 2.16. The maximum Gasteiger partial charge on any atom is 0.0110 e. The summed E-state index contributed by atoms with van der Waals surface area (Å²) in [4.78, 5) is 2.53. The molecule has 0 aromatic rings. The van der Waals surface area contributed by atoms with Gasteiger partial charge in [-0.3, -0.25) is 4.90 Å². The van der Waals surface area contributed by atoms with Crippen molar-refractivity contribution in [2.75, 3.05) is 19.6 Å². The first-order chi connectivity index (χ1) is 7.69. The Bertz CT molecular complexity index is 176. The third kappa shape index (κ3) is 4.84. The molecule has 0 aromatic carbocycles. The lowest BCUT2D eigenvalue weighted by Crippen LogP contribution is -2.40. The summed E-state index contributed by atoms with van der Waals surface area (Å²) < 4.78 is 0. The van der Waals surface area contributed by atoms with Gasteiger partial charge in [0.2, 0.25) is 0 Å². The second-order valence-corrected chi connectivity index (χ2v) is 5.41. The number of hydrogen-bond acceptors (Lipinski definition) is 2. The van der Waals surface area contributed by atoms with Crippen LogP contribution in [0.3, 0.4) is 0 Å². The molecule has 1 saturated carbocycles. The molecular formula is C14H30N2. The first-order valence-corrected chi connectivity index (χ1v) is 7.16. The Labute approximate surface area is 102 Å². The van der Waals surface area contributed by atoms with Gasteiger partial charge in [0.05, 0.1) is 0 Å². The zero-order chi connectivity index (χ0) is 12.0. The number of rotatable bonds is 9.